The van der Waals surface area contributed by atoms with Gasteiger partial charge in [-0.3, -0.25) is 9.59 Å². The molecule has 0 spiro atoms. The Morgan fingerprint density at radius 3 is 1.61 bits per heavy atom. The number of amides is 4. The number of aryl methyl sites for hydroxylation is 1. The maximum absolute atomic E-state index is 12.9. The van der Waals surface area contributed by atoms with Crippen LogP contribution < -0.4 is 10.6 Å². The van der Waals surface area contributed by atoms with E-state index >= 15 is 0 Å². The van der Waals surface area contributed by atoms with Gasteiger partial charge in [-0.1, -0.05) is 92.0 Å². The van der Waals surface area contributed by atoms with Crippen LogP contribution in [0.25, 0.3) is 0 Å². The fourth-order valence-electron chi connectivity index (χ4n) is 8.00. The van der Waals surface area contributed by atoms with Gasteiger partial charge in [0.05, 0.1) is 6.42 Å². The number of benzene rings is 2. The molecule has 0 aliphatic carbocycles. The van der Waals surface area contributed by atoms with Crippen LogP contribution in [0.1, 0.15) is 163 Å². The molecule has 0 saturated carbocycles. The molecule has 0 radical (unpaired) electrons. The maximum atomic E-state index is 12.9. The lowest BCUT2D eigenvalue weighted by Gasteiger charge is -2.33. The first-order valence-corrected chi connectivity index (χ1v) is 24.4. The fourth-order valence-corrected chi connectivity index (χ4v) is 9.86. The van der Waals surface area contributed by atoms with Crippen molar-refractivity contribution in [3.8, 4) is 0 Å². The predicted octanol–water partition coefficient (Wildman–Crippen LogP) is 10.7. The maximum Gasteiger partial charge on any atom is 0.410 e. The highest BCUT2D eigenvalue weighted by molar-refractivity contribution is 7.15. The minimum absolute atomic E-state index is 0.136. The van der Waals surface area contributed by atoms with Crippen LogP contribution in [0.3, 0.4) is 0 Å². The molecule has 16 heteroatoms. The molecule has 2 fully saturated rings. The molecular weight excluding hydrogens is 849 g/mol. The molecule has 348 valence electrons. The van der Waals surface area contributed by atoms with E-state index in [1.165, 1.54) is 39.4 Å². The predicted molar refractivity (Wildman–Crippen MR) is 254 cm³/mol. The average molecular weight is 917 g/mol. The minimum atomic E-state index is -0.504. The molecule has 2 aromatic carbocycles. The van der Waals surface area contributed by atoms with Gasteiger partial charge in [0.2, 0.25) is 22.6 Å². The number of aromatic nitrogens is 4. The van der Waals surface area contributed by atoms with Crippen molar-refractivity contribution in [2.75, 3.05) is 36.8 Å². The van der Waals surface area contributed by atoms with Crippen molar-refractivity contribution >= 4 is 57.4 Å². The van der Waals surface area contributed by atoms with Crippen molar-refractivity contribution in [2.45, 2.75) is 155 Å². The van der Waals surface area contributed by atoms with E-state index in [4.69, 9.17) is 9.47 Å². The van der Waals surface area contributed by atoms with Crippen LogP contribution in [0.2, 0.25) is 0 Å². The Bertz CT molecular complexity index is 2130. The number of carbonyl (C=O) groups excluding carboxylic acids is 4. The zero-order valence-corrected chi connectivity index (χ0v) is 40.8. The summed E-state index contributed by atoms with van der Waals surface area (Å²) < 4.78 is 11.0. The Balaban J connectivity index is 0.000000306. The van der Waals surface area contributed by atoms with E-state index in [1.807, 2.05) is 58.6 Å². The summed E-state index contributed by atoms with van der Waals surface area (Å²) in [7, 11) is 0. The highest BCUT2D eigenvalue weighted by Gasteiger charge is 2.30. The first-order chi connectivity index (χ1) is 30.5. The molecule has 14 nitrogen and oxygen atoms in total. The quantitative estimate of drug-likeness (QED) is 0.116. The van der Waals surface area contributed by atoms with Gasteiger partial charge in [-0.25, -0.2) is 9.59 Å². The monoisotopic (exact) mass is 916 g/mol. The van der Waals surface area contributed by atoms with E-state index in [2.05, 4.69) is 88.2 Å². The molecule has 6 rings (SSSR count). The summed E-state index contributed by atoms with van der Waals surface area (Å²) in [6.45, 7) is 20.7. The van der Waals surface area contributed by atoms with Gasteiger partial charge < -0.3 is 29.9 Å². The summed E-state index contributed by atoms with van der Waals surface area (Å²) in [5, 5.41) is 25.2. The van der Waals surface area contributed by atoms with Crippen molar-refractivity contribution in [3.05, 3.63) is 80.8 Å². The Hall–Kier alpha value is -4.96. The number of carbonyl (C=O) groups is 4. The van der Waals surface area contributed by atoms with Crippen molar-refractivity contribution in [2.24, 2.45) is 0 Å². The van der Waals surface area contributed by atoms with Crippen molar-refractivity contribution in [1.82, 2.24) is 30.2 Å². The molecular formula is C48H68N8O6S2. The second-order valence-electron chi connectivity index (χ2n) is 18.7. The number of likely N-dealkylation sites (tertiary alicyclic amines) is 2. The summed E-state index contributed by atoms with van der Waals surface area (Å²) in [5.41, 5.74) is 4.01. The Morgan fingerprint density at radius 1 is 0.703 bits per heavy atom. The SMILES string of the molecule is CCC(C[C@H](CC)c1nnc(NC=O)s1)c1nnc(NC(=O)Cc2cccc(C3CCN(C(=O)OC(C)(C)C)CC3)c2)s1.CCc1cccc(C2CCN(C(=O)OC(C)(C)C)CC2)c1. The van der Waals surface area contributed by atoms with Crippen LogP contribution in [0, 0.1) is 0 Å². The van der Waals surface area contributed by atoms with Crippen LogP contribution in [0.4, 0.5) is 19.9 Å². The van der Waals surface area contributed by atoms with E-state index in [0.717, 1.165) is 80.0 Å². The fraction of sp³-hybridized carbons (Fsp3) is 0.583. The zero-order valence-electron chi connectivity index (χ0n) is 39.1. The van der Waals surface area contributed by atoms with E-state index in [-0.39, 0.29) is 36.4 Å². The molecule has 2 aliphatic heterocycles. The molecule has 2 aromatic heterocycles. The van der Waals surface area contributed by atoms with E-state index in [9.17, 15) is 19.2 Å². The standard InChI is InChI=1S/C30H41N7O4S2.C18H27NO2/c1-6-20(25-33-35-27(42-25)31-18-38)17-21(7-2)26-34-36-28(43-26)32-24(39)16-19-9-8-10-23(15-19)22-11-13-37(14-12-22)29(40)41-30(3,4)5;1-5-14-7-6-8-16(13-14)15-9-11-19(12-10-15)17(20)21-18(2,3)4/h8-10,15,18,20-22H,6-7,11-14,16-17H2,1-5H3,(H,31,35,38)(H,32,36,39);6-8,13,15H,5,9-12H2,1-4H3/t20-,21?;/m0./s1. The largest absolute Gasteiger partial charge is 0.444 e. The summed E-state index contributed by atoms with van der Waals surface area (Å²) in [4.78, 5) is 51.8. The number of rotatable bonds is 14. The molecule has 4 heterocycles. The van der Waals surface area contributed by atoms with Crippen molar-refractivity contribution in [3.63, 3.8) is 0 Å². The summed E-state index contributed by atoms with van der Waals surface area (Å²) in [5.74, 6) is 1.11. The first-order valence-electron chi connectivity index (χ1n) is 22.8. The minimum Gasteiger partial charge on any atom is -0.444 e. The third-order valence-electron chi connectivity index (χ3n) is 11.5. The van der Waals surface area contributed by atoms with Gasteiger partial charge in [0.25, 0.3) is 0 Å². The second kappa shape index (κ2) is 23.3. The van der Waals surface area contributed by atoms with Gasteiger partial charge in [0.1, 0.15) is 21.2 Å². The van der Waals surface area contributed by atoms with E-state index in [0.29, 0.717) is 41.6 Å². The molecule has 64 heavy (non-hydrogen) atoms. The first kappa shape index (κ1) is 50.0. The number of hydrogen-bond acceptors (Lipinski definition) is 12. The Morgan fingerprint density at radius 2 is 1.16 bits per heavy atom. The highest BCUT2D eigenvalue weighted by Crippen LogP contribution is 2.38. The third-order valence-corrected chi connectivity index (χ3v) is 13.5. The zero-order chi connectivity index (χ0) is 46.4. The summed E-state index contributed by atoms with van der Waals surface area (Å²) in [6.07, 6.45) is 7.82. The lowest BCUT2D eigenvalue weighted by Crippen LogP contribution is -2.41. The smallest absolute Gasteiger partial charge is 0.410 e. The van der Waals surface area contributed by atoms with Crippen LogP contribution in [-0.4, -0.2) is 92.1 Å². The van der Waals surface area contributed by atoms with Gasteiger partial charge >= 0.3 is 12.2 Å². The molecule has 2 atom stereocenters. The molecule has 1 unspecified atom stereocenters. The Labute approximate surface area is 387 Å². The molecule has 2 saturated heterocycles. The van der Waals surface area contributed by atoms with Crippen LogP contribution in [0.5, 0.6) is 0 Å². The van der Waals surface area contributed by atoms with Gasteiger partial charge in [-0.15, -0.1) is 20.4 Å². The number of anilines is 2. The van der Waals surface area contributed by atoms with Gasteiger partial charge in [0.15, 0.2) is 0 Å². The van der Waals surface area contributed by atoms with Gasteiger partial charge in [0, 0.05) is 38.0 Å². The molecule has 0 bridgehead atoms. The van der Waals surface area contributed by atoms with E-state index in [1.54, 1.807) is 4.90 Å². The topological polar surface area (TPSA) is 169 Å². The second-order valence-corrected chi connectivity index (χ2v) is 20.7. The Kier molecular flexibility index (Phi) is 18.2. The molecule has 4 amide bonds. The van der Waals surface area contributed by atoms with Gasteiger partial charge in [-0.2, -0.15) is 0 Å². The summed E-state index contributed by atoms with van der Waals surface area (Å²) >= 11 is 2.80. The van der Waals surface area contributed by atoms with Crippen LogP contribution in [-0.2, 0) is 31.9 Å². The van der Waals surface area contributed by atoms with Crippen LogP contribution >= 0.6 is 22.7 Å². The highest BCUT2D eigenvalue weighted by atomic mass is 32.1. The lowest BCUT2D eigenvalue weighted by molar-refractivity contribution is -0.115. The normalized spacial score (nSPS) is 16.0. The molecule has 2 aliphatic rings. The number of hydrogen-bond donors (Lipinski definition) is 2. The number of nitrogens with zero attached hydrogens (tertiary/aromatic N) is 6. The number of nitrogens with one attached hydrogen (secondary N) is 2. The van der Waals surface area contributed by atoms with E-state index < -0.39 is 11.2 Å². The van der Waals surface area contributed by atoms with Crippen LogP contribution in [0.15, 0.2) is 48.5 Å². The average Bonchev–Trinajstić information content (AvgIpc) is 3.93. The summed E-state index contributed by atoms with van der Waals surface area (Å²) in [6, 6.07) is 17.0. The lowest BCUT2D eigenvalue weighted by atomic mass is 9.88. The number of piperidine rings is 2. The third kappa shape index (κ3) is 15.3. The number of ether oxygens (including phenoxy) is 2. The van der Waals surface area contributed by atoms with Crippen molar-refractivity contribution in [1.29, 1.82) is 0 Å². The molecule has 2 N–H and O–H groups in total. The van der Waals surface area contributed by atoms with Gasteiger partial charge in [-0.05, 0) is 127 Å². The molecule has 4 aromatic rings. The van der Waals surface area contributed by atoms with Crippen molar-refractivity contribution < 1.29 is 28.7 Å².